The van der Waals surface area contributed by atoms with Crippen molar-refractivity contribution >= 4 is 23.8 Å². The Labute approximate surface area is 244 Å². The highest BCUT2D eigenvalue weighted by atomic mass is 16.5. The van der Waals surface area contributed by atoms with Gasteiger partial charge in [0, 0.05) is 89.5 Å². The maximum absolute atomic E-state index is 5.91. The molecular formula is C26H38N14O2. The van der Waals surface area contributed by atoms with Crippen LogP contribution in [0.5, 0.6) is 11.8 Å². The number of nitrogen functional groups attached to an aromatic ring is 2. The van der Waals surface area contributed by atoms with Gasteiger partial charge in [-0.1, -0.05) is 0 Å². The van der Waals surface area contributed by atoms with E-state index >= 15 is 0 Å². The van der Waals surface area contributed by atoms with Gasteiger partial charge in [-0.25, -0.2) is 29.3 Å². The number of aromatic nitrogens is 10. The maximum Gasteiger partial charge on any atom is 0.246 e. The molecule has 224 valence electrons. The van der Waals surface area contributed by atoms with E-state index in [0.29, 0.717) is 29.6 Å². The van der Waals surface area contributed by atoms with Gasteiger partial charge in [-0.15, -0.1) is 10.2 Å². The van der Waals surface area contributed by atoms with Gasteiger partial charge in [0.2, 0.25) is 35.6 Å². The zero-order valence-corrected chi connectivity index (χ0v) is 24.5. The average molecular weight is 579 g/mol. The van der Waals surface area contributed by atoms with Crippen molar-refractivity contribution < 1.29 is 9.47 Å². The first-order valence-electron chi connectivity index (χ1n) is 14.0. The highest BCUT2D eigenvalue weighted by Crippen LogP contribution is 2.22. The van der Waals surface area contributed by atoms with E-state index in [9.17, 15) is 0 Å². The molecule has 4 aromatic heterocycles. The van der Waals surface area contributed by atoms with Crippen LogP contribution in [0.4, 0.5) is 23.8 Å². The predicted molar refractivity (Wildman–Crippen MR) is 156 cm³/mol. The summed E-state index contributed by atoms with van der Waals surface area (Å²) in [5, 5.41) is 8.38. The molecule has 0 atom stereocenters. The molecular weight excluding hydrogens is 540 g/mol. The average Bonchev–Trinajstić information content (AvgIpc) is 3.49. The maximum atomic E-state index is 5.91. The lowest BCUT2D eigenvalue weighted by molar-refractivity contribution is 0.163. The van der Waals surface area contributed by atoms with Gasteiger partial charge in [0.15, 0.2) is 0 Å². The van der Waals surface area contributed by atoms with Gasteiger partial charge in [0.1, 0.15) is 24.9 Å². The number of anilines is 4. The molecule has 0 aromatic carbocycles. The number of piperidine rings is 2. The van der Waals surface area contributed by atoms with Crippen LogP contribution in [0.25, 0.3) is 0 Å². The Morgan fingerprint density at radius 2 is 1.21 bits per heavy atom. The van der Waals surface area contributed by atoms with Gasteiger partial charge < -0.3 is 30.7 Å². The number of nitrogens with two attached hydrogens (primary N) is 2. The monoisotopic (exact) mass is 578 g/mol. The van der Waals surface area contributed by atoms with Crippen LogP contribution in [0.1, 0.15) is 37.1 Å². The molecule has 2 aliphatic rings. The second-order valence-corrected chi connectivity index (χ2v) is 10.4. The van der Waals surface area contributed by atoms with Crippen molar-refractivity contribution in [3.05, 3.63) is 36.2 Å². The zero-order chi connectivity index (χ0) is 29.6. The van der Waals surface area contributed by atoms with Crippen LogP contribution in [0.3, 0.4) is 0 Å². The number of aryl methyl sites for hydroxylation is 4. The Morgan fingerprint density at radius 3 is 1.64 bits per heavy atom. The second kappa shape index (κ2) is 12.8. The summed E-state index contributed by atoms with van der Waals surface area (Å²) in [5.41, 5.74) is 13.2. The smallest absolute Gasteiger partial charge is 0.246 e. The van der Waals surface area contributed by atoms with E-state index in [4.69, 9.17) is 20.9 Å². The number of hydrogen-bond acceptors (Lipinski definition) is 14. The second-order valence-electron chi connectivity index (χ2n) is 10.4. The molecule has 16 nitrogen and oxygen atoms in total. The molecule has 0 aliphatic carbocycles. The van der Waals surface area contributed by atoms with Gasteiger partial charge >= 0.3 is 0 Å². The fourth-order valence-corrected chi connectivity index (χ4v) is 4.87. The fourth-order valence-electron chi connectivity index (χ4n) is 4.87. The normalized spacial score (nSPS) is 16.2. The summed E-state index contributed by atoms with van der Waals surface area (Å²) >= 11 is 0. The Hall–Kier alpha value is -4.76. The summed E-state index contributed by atoms with van der Waals surface area (Å²) in [5.74, 6) is 3.52. The fraction of sp³-hybridized carbons (Fsp3) is 0.538. The minimum absolute atomic E-state index is 0.164. The molecule has 0 unspecified atom stereocenters. The predicted octanol–water partition coefficient (Wildman–Crippen LogP) is 1.09. The number of hydrogen-bond donors (Lipinski definition) is 2. The van der Waals surface area contributed by atoms with E-state index in [1.165, 1.54) is 12.7 Å². The Morgan fingerprint density at radius 1 is 0.690 bits per heavy atom. The molecule has 0 radical (unpaired) electrons. The molecule has 2 fully saturated rings. The van der Waals surface area contributed by atoms with Gasteiger partial charge in [-0.2, -0.15) is 9.97 Å². The third kappa shape index (κ3) is 7.30. The summed E-state index contributed by atoms with van der Waals surface area (Å²) in [6, 6.07) is 3.71. The van der Waals surface area contributed by atoms with Crippen molar-refractivity contribution in [2.75, 3.05) is 47.4 Å². The van der Waals surface area contributed by atoms with Crippen LogP contribution in [0.15, 0.2) is 24.8 Å². The summed E-state index contributed by atoms with van der Waals surface area (Å²) in [7, 11) is 3.64. The number of nitrogens with zero attached hydrogens (tertiary/aromatic N) is 12. The molecule has 2 aliphatic heterocycles. The summed E-state index contributed by atoms with van der Waals surface area (Å²) in [4.78, 5) is 29.2. The minimum Gasteiger partial charge on any atom is -0.474 e. The van der Waals surface area contributed by atoms with E-state index in [1.54, 1.807) is 16.4 Å². The molecule has 6 heterocycles. The molecule has 0 bridgehead atoms. The molecule has 0 spiro atoms. The van der Waals surface area contributed by atoms with E-state index in [2.05, 4.69) is 49.9 Å². The lowest BCUT2D eigenvalue weighted by Gasteiger charge is -2.32. The van der Waals surface area contributed by atoms with Crippen molar-refractivity contribution in [1.82, 2.24) is 49.5 Å². The first-order chi connectivity index (χ1) is 20.2. The lowest BCUT2D eigenvalue weighted by atomic mass is 10.1. The van der Waals surface area contributed by atoms with Gasteiger partial charge in [0.25, 0.3) is 0 Å². The number of ether oxygens (including phenoxy) is 2. The van der Waals surface area contributed by atoms with Crippen molar-refractivity contribution in [3.63, 3.8) is 0 Å². The lowest BCUT2D eigenvalue weighted by Crippen LogP contribution is -2.39. The summed E-state index contributed by atoms with van der Waals surface area (Å²) in [6.45, 7) is 7.27. The van der Waals surface area contributed by atoms with Crippen LogP contribution in [-0.2, 0) is 14.1 Å². The highest BCUT2D eigenvalue weighted by Gasteiger charge is 2.25. The summed E-state index contributed by atoms with van der Waals surface area (Å²) < 4.78 is 15.1. The molecule has 4 N–H and O–H groups in total. The highest BCUT2D eigenvalue weighted by molar-refractivity contribution is 5.36. The van der Waals surface area contributed by atoms with Crippen molar-refractivity contribution in [2.24, 2.45) is 14.1 Å². The molecule has 6 rings (SSSR count). The van der Waals surface area contributed by atoms with Gasteiger partial charge in [0.05, 0.1) is 0 Å². The van der Waals surface area contributed by atoms with E-state index < -0.39 is 0 Å². The molecule has 16 heteroatoms. The van der Waals surface area contributed by atoms with Crippen molar-refractivity contribution in [2.45, 2.75) is 51.7 Å². The standard InChI is InChI=1S/2C13H19N7O/c1-9-7-11(16-8-15-9)21-10-3-5-20(6-4-10)13-17-12(14)19(2)18-13;1-9-7-11(16-8-15-9)21-10-3-5-20(6-4-10)13-17-12(14)18-19(13)2/h7-8,10H,3-6H2,1-2H3,(H2,14,17,18);7-8,10H,3-6H2,1-2H3,(H2,14,18). The topological polar surface area (TPSA) is 190 Å². The van der Waals surface area contributed by atoms with Crippen molar-refractivity contribution in [3.8, 4) is 11.8 Å². The van der Waals surface area contributed by atoms with Gasteiger partial charge in [-0.3, -0.25) is 0 Å². The molecule has 4 aromatic rings. The van der Waals surface area contributed by atoms with Crippen LogP contribution in [0.2, 0.25) is 0 Å². The molecule has 42 heavy (non-hydrogen) atoms. The minimum atomic E-state index is 0.164. The first kappa shape index (κ1) is 28.8. The van der Waals surface area contributed by atoms with Gasteiger partial charge in [-0.05, 0) is 13.8 Å². The SMILES string of the molecule is Cc1cc(OC2CCN(c3nc(N)n(C)n3)CC2)ncn1.Cc1cc(OC2CCN(c3nc(N)nn3C)CC2)ncn1. The first-order valence-corrected chi connectivity index (χ1v) is 14.0. The zero-order valence-electron chi connectivity index (χ0n) is 24.5. The Bertz CT molecular complexity index is 1440. The molecule has 2 saturated heterocycles. The third-order valence-electron chi connectivity index (χ3n) is 7.12. The van der Waals surface area contributed by atoms with E-state index in [0.717, 1.165) is 69.2 Å². The van der Waals surface area contributed by atoms with Crippen LogP contribution in [-0.4, -0.2) is 87.9 Å². The number of rotatable bonds is 6. The van der Waals surface area contributed by atoms with E-state index in [-0.39, 0.29) is 12.2 Å². The van der Waals surface area contributed by atoms with E-state index in [1.807, 2.05) is 33.0 Å². The Balaban J connectivity index is 0.000000168. The summed E-state index contributed by atoms with van der Waals surface area (Å²) in [6.07, 6.45) is 7.02. The van der Waals surface area contributed by atoms with Crippen LogP contribution < -0.4 is 30.7 Å². The van der Waals surface area contributed by atoms with Crippen LogP contribution in [0, 0.1) is 13.8 Å². The van der Waals surface area contributed by atoms with Crippen molar-refractivity contribution in [1.29, 1.82) is 0 Å². The van der Waals surface area contributed by atoms with Crippen LogP contribution >= 0.6 is 0 Å². The Kier molecular flexibility index (Phi) is 8.78. The largest absolute Gasteiger partial charge is 0.474 e. The molecule has 0 amide bonds. The third-order valence-corrected chi connectivity index (χ3v) is 7.12. The quantitative estimate of drug-likeness (QED) is 0.330. The molecule has 0 saturated carbocycles.